The van der Waals surface area contributed by atoms with Crippen molar-refractivity contribution in [2.75, 3.05) is 13.2 Å². The third-order valence-corrected chi connectivity index (χ3v) is 4.18. The maximum absolute atomic E-state index is 9.53. The van der Waals surface area contributed by atoms with E-state index in [0.29, 0.717) is 18.4 Å². The number of aliphatic hydroxyl groups excluding tert-OH is 1. The Kier molecular flexibility index (Phi) is 5.20. The highest BCUT2D eigenvalue weighted by Gasteiger charge is 2.36. The van der Waals surface area contributed by atoms with Crippen molar-refractivity contribution < 1.29 is 14.6 Å². The van der Waals surface area contributed by atoms with Crippen LogP contribution in [-0.4, -0.2) is 30.7 Å². The molecule has 2 aliphatic rings. The van der Waals surface area contributed by atoms with Crippen LogP contribution >= 0.6 is 0 Å². The Hall–Kier alpha value is -0.640. The molecule has 4 atom stereocenters. The monoisotopic (exact) mass is 266 g/mol. The fourth-order valence-corrected chi connectivity index (χ4v) is 3.02. The summed E-state index contributed by atoms with van der Waals surface area (Å²) >= 11 is 0. The van der Waals surface area contributed by atoms with Crippen LogP contribution in [0.3, 0.4) is 0 Å². The van der Waals surface area contributed by atoms with Gasteiger partial charge in [0, 0.05) is 5.92 Å². The van der Waals surface area contributed by atoms with Gasteiger partial charge in [-0.25, -0.2) is 0 Å². The van der Waals surface area contributed by atoms with Crippen LogP contribution in [0.1, 0.15) is 39.5 Å². The van der Waals surface area contributed by atoms with Crippen molar-refractivity contribution in [2.45, 2.75) is 51.9 Å². The number of ether oxygens (including phenoxy) is 2. The van der Waals surface area contributed by atoms with Crippen LogP contribution in [0.2, 0.25) is 0 Å². The number of rotatable bonds is 5. The van der Waals surface area contributed by atoms with Gasteiger partial charge in [0.25, 0.3) is 0 Å². The summed E-state index contributed by atoms with van der Waals surface area (Å²) in [4.78, 5) is 0. The summed E-state index contributed by atoms with van der Waals surface area (Å²) in [6.07, 6.45) is 6.16. The summed E-state index contributed by atoms with van der Waals surface area (Å²) in [7, 11) is 0. The molecular weight excluding hydrogens is 240 g/mol. The summed E-state index contributed by atoms with van der Waals surface area (Å²) in [5, 5.41) is 9.53. The topological polar surface area (TPSA) is 38.7 Å². The molecule has 2 rings (SSSR count). The first-order valence-electron chi connectivity index (χ1n) is 7.33. The van der Waals surface area contributed by atoms with E-state index >= 15 is 0 Å². The molecular formula is C16H26O3. The van der Waals surface area contributed by atoms with E-state index in [1.54, 1.807) is 0 Å². The van der Waals surface area contributed by atoms with Crippen LogP contribution in [0.15, 0.2) is 23.8 Å². The zero-order chi connectivity index (χ0) is 13.8. The molecule has 1 heterocycles. The van der Waals surface area contributed by atoms with E-state index < -0.39 is 0 Å². The molecule has 19 heavy (non-hydrogen) atoms. The lowest BCUT2D eigenvalue weighted by molar-refractivity contribution is -0.173. The molecule has 1 saturated carbocycles. The first-order chi connectivity index (χ1) is 9.10. The molecule has 1 aliphatic heterocycles. The van der Waals surface area contributed by atoms with Gasteiger partial charge >= 0.3 is 0 Å². The quantitative estimate of drug-likeness (QED) is 0.777. The van der Waals surface area contributed by atoms with Gasteiger partial charge in [-0.1, -0.05) is 12.5 Å². The Morgan fingerprint density at radius 1 is 1.53 bits per heavy atom. The summed E-state index contributed by atoms with van der Waals surface area (Å²) < 4.78 is 11.8. The van der Waals surface area contributed by atoms with Gasteiger partial charge in [0.1, 0.15) is 0 Å². The highest BCUT2D eigenvalue weighted by Crippen LogP contribution is 2.38. The van der Waals surface area contributed by atoms with Gasteiger partial charge in [-0.15, -0.1) is 6.58 Å². The molecule has 0 amide bonds. The van der Waals surface area contributed by atoms with Crippen molar-refractivity contribution >= 4 is 0 Å². The van der Waals surface area contributed by atoms with E-state index in [0.717, 1.165) is 30.4 Å². The van der Waals surface area contributed by atoms with Crippen molar-refractivity contribution in [1.29, 1.82) is 0 Å². The molecule has 1 N–H and O–H groups in total. The van der Waals surface area contributed by atoms with Crippen LogP contribution < -0.4 is 0 Å². The predicted octanol–water partition coefficient (Wildman–Crippen LogP) is 3.05. The van der Waals surface area contributed by atoms with Crippen LogP contribution in [0.25, 0.3) is 0 Å². The predicted molar refractivity (Wildman–Crippen MR) is 75.7 cm³/mol. The Balaban J connectivity index is 1.96. The number of hydrogen-bond acceptors (Lipinski definition) is 3. The molecule has 3 heteroatoms. The zero-order valence-electron chi connectivity index (χ0n) is 12.1. The minimum absolute atomic E-state index is 0.124. The van der Waals surface area contributed by atoms with Gasteiger partial charge in [-0.05, 0) is 50.2 Å². The number of hydrogen-bond donors (Lipinski definition) is 1. The van der Waals surface area contributed by atoms with Gasteiger partial charge in [0.2, 0.25) is 0 Å². The van der Waals surface area contributed by atoms with Crippen LogP contribution in [0.4, 0.5) is 0 Å². The second kappa shape index (κ2) is 6.69. The summed E-state index contributed by atoms with van der Waals surface area (Å²) in [6, 6.07) is 0. The molecule has 1 fully saturated rings. The normalized spacial score (nSPS) is 34.6. The maximum atomic E-state index is 9.53. The van der Waals surface area contributed by atoms with Crippen molar-refractivity contribution in [1.82, 2.24) is 0 Å². The lowest BCUT2D eigenvalue weighted by Crippen LogP contribution is -2.40. The largest absolute Gasteiger partial charge is 0.392 e. The molecule has 0 aromatic rings. The first-order valence-corrected chi connectivity index (χ1v) is 7.33. The second-order valence-electron chi connectivity index (χ2n) is 6.05. The molecule has 0 bridgehead atoms. The second-order valence-corrected chi connectivity index (χ2v) is 6.05. The number of fused-ring (bicyclic) bond motifs is 1. The smallest absolute Gasteiger partial charge is 0.177 e. The Morgan fingerprint density at radius 2 is 2.32 bits per heavy atom. The SMILES string of the molecule is C=C(C)CCOC1C=C(CO)C2CCC(C)C[C@H]2O1. The molecule has 0 radical (unpaired) electrons. The molecule has 108 valence electrons. The Bertz CT molecular complexity index is 348. The minimum atomic E-state index is -0.298. The number of aliphatic hydroxyl groups is 1. The van der Waals surface area contributed by atoms with Crippen molar-refractivity contribution in [2.24, 2.45) is 11.8 Å². The van der Waals surface area contributed by atoms with E-state index in [1.807, 2.05) is 13.0 Å². The molecule has 0 aromatic heterocycles. The lowest BCUT2D eigenvalue weighted by Gasteiger charge is -2.40. The average molecular weight is 266 g/mol. The summed E-state index contributed by atoms with van der Waals surface area (Å²) in [6.45, 7) is 8.89. The summed E-state index contributed by atoms with van der Waals surface area (Å²) in [5.41, 5.74) is 2.22. The van der Waals surface area contributed by atoms with E-state index in [4.69, 9.17) is 9.47 Å². The first kappa shape index (κ1) is 14.8. The highest BCUT2D eigenvalue weighted by atomic mass is 16.7. The summed E-state index contributed by atoms with van der Waals surface area (Å²) in [5.74, 6) is 1.09. The van der Waals surface area contributed by atoms with Gasteiger partial charge in [-0.3, -0.25) is 0 Å². The van der Waals surface area contributed by atoms with Crippen molar-refractivity contribution in [3.63, 3.8) is 0 Å². The van der Waals surface area contributed by atoms with Crippen molar-refractivity contribution in [3.8, 4) is 0 Å². The molecule has 3 unspecified atom stereocenters. The fraction of sp³-hybridized carbons (Fsp3) is 0.750. The highest BCUT2D eigenvalue weighted by molar-refractivity contribution is 5.15. The lowest BCUT2D eigenvalue weighted by atomic mass is 9.76. The van der Waals surface area contributed by atoms with Gasteiger partial charge in [0.05, 0.1) is 19.3 Å². The zero-order valence-corrected chi connectivity index (χ0v) is 12.1. The van der Waals surface area contributed by atoms with Crippen molar-refractivity contribution in [3.05, 3.63) is 23.8 Å². The Morgan fingerprint density at radius 3 is 3.00 bits per heavy atom. The average Bonchev–Trinajstić information content (AvgIpc) is 2.36. The molecule has 1 aliphatic carbocycles. The molecule has 0 saturated heterocycles. The molecule has 3 nitrogen and oxygen atoms in total. The van der Waals surface area contributed by atoms with E-state index in [-0.39, 0.29) is 19.0 Å². The third kappa shape index (κ3) is 3.91. The van der Waals surface area contributed by atoms with E-state index in [2.05, 4.69) is 13.5 Å². The molecule has 0 aromatic carbocycles. The maximum Gasteiger partial charge on any atom is 0.177 e. The van der Waals surface area contributed by atoms with Gasteiger partial charge in [-0.2, -0.15) is 0 Å². The van der Waals surface area contributed by atoms with Gasteiger partial charge < -0.3 is 14.6 Å². The fourth-order valence-electron chi connectivity index (χ4n) is 3.02. The van der Waals surface area contributed by atoms with E-state index in [9.17, 15) is 5.11 Å². The molecule has 0 spiro atoms. The Labute approximate surface area is 116 Å². The standard InChI is InChI=1S/C16H26O3/c1-11(2)6-7-18-16-9-13(10-17)14-5-4-12(3)8-15(14)19-16/h9,12,14-17H,1,4-8,10H2,2-3H3/t12?,14?,15-,16?/m1/s1. The third-order valence-electron chi connectivity index (χ3n) is 4.18. The van der Waals surface area contributed by atoms with Gasteiger partial charge in [0.15, 0.2) is 6.29 Å². The van der Waals surface area contributed by atoms with Crippen LogP contribution in [0, 0.1) is 11.8 Å². The van der Waals surface area contributed by atoms with Crippen LogP contribution in [0.5, 0.6) is 0 Å². The minimum Gasteiger partial charge on any atom is -0.392 e. The van der Waals surface area contributed by atoms with E-state index in [1.165, 1.54) is 6.42 Å². The van der Waals surface area contributed by atoms with Crippen LogP contribution in [-0.2, 0) is 9.47 Å².